The summed E-state index contributed by atoms with van der Waals surface area (Å²) in [5.41, 5.74) is 1.41. The molecule has 0 aliphatic carbocycles. The number of benzene rings is 2. The lowest BCUT2D eigenvalue weighted by atomic mass is 9.89. The average molecular weight is 734 g/mol. The third-order valence-corrected chi connectivity index (χ3v) is 10.7. The van der Waals surface area contributed by atoms with Crippen LogP contribution in [0.2, 0.25) is 0 Å². The van der Waals surface area contributed by atoms with Crippen molar-refractivity contribution in [3.63, 3.8) is 0 Å². The maximum atomic E-state index is 13.3. The maximum absolute atomic E-state index is 13.3. The lowest BCUT2D eigenvalue weighted by molar-refractivity contribution is -0.274. The molecule has 3 heterocycles. The molecule has 1 spiro atoms. The molecule has 0 bridgehead atoms. The quantitative estimate of drug-likeness (QED) is 0.386. The second-order valence-corrected chi connectivity index (χ2v) is 14.4. The molecular formula is C34H38F3N5O8S. The first-order valence-electron chi connectivity index (χ1n) is 16.2. The highest BCUT2D eigenvalue weighted by molar-refractivity contribution is 7.92. The van der Waals surface area contributed by atoms with Crippen molar-refractivity contribution in [2.24, 2.45) is 4.99 Å². The van der Waals surface area contributed by atoms with Crippen LogP contribution in [0.3, 0.4) is 0 Å². The molecular weight excluding hydrogens is 695 g/mol. The Kier molecular flexibility index (Phi) is 10.9. The first kappa shape index (κ1) is 37.5. The number of rotatable bonds is 9. The van der Waals surface area contributed by atoms with Gasteiger partial charge in [0, 0.05) is 62.2 Å². The van der Waals surface area contributed by atoms with E-state index in [1.165, 1.54) is 29.6 Å². The van der Waals surface area contributed by atoms with Gasteiger partial charge in [-0.3, -0.25) is 24.2 Å². The van der Waals surface area contributed by atoms with Gasteiger partial charge in [0.25, 0.3) is 11.8 Å². The predicted molar refractivity (Wildman–Crippen MR) is 179 cm³/mol. The van der Waals surface area contributed by atoms with Gasteiger partial charge in [-0.25, -0.2) is 8.42 Å². The Morgan fingerprint density at radius 3 is 2.20 bits per heavy atom. The number of aryl methyl sites for hydroxylation is 2. The molecule has 2 aromatic rings. The summed E-state index contributed by atoms with van der Waals surface area (Å²) in [7, 11) is -2.65. The molecule has 5 rings (SSSR count). The van der Waals surface area contributed by atoms with E-state index in [4.69, 9.17) is 0 Å². The van der Waals surface area contributed by atoms with Gasteiger partial charge in [-0.05, 0) is 73.7 Å². The molecule has 3 aliphatic rings. The van der Waals surface area contributed by atoms with E-state index in [-0.39, 0.29) is 62.0 Å². The summed E-state index contributed by atoms with van der Waals surface area (Å²) in [5, 5.41) is 3.71. The summed E-state index contributed by atoms with van der Waals surface area (Å²) in [5.74, 6) is -1.68. The molecule has 0 unspecified atom stereocenters. The molecule has 3 amide bonds. The van der Waals surface area contributed by atoms with Gasteiger partial charge in [0.2, 0.25) is 15.9 Å². The van der Waals surface area contributed by atoms with Crippen LogP contribution in [0, 0.1) is 13.8 Å². The minimum atomic E-state index is -4.88. The van der Waals surface area contributed by atoms with Gasteiger partial charge in [0.15, 0.2) is 0 Å². The van der Waals surface area contributed by atoms with E-state index in [0.717, 1.165) is 17.5 Å². The zero-order valence-electron chi connectivity index (χ0n) is 28.3. The van der Waals surface area contributed by atoms with Crippen LogP contribution in [-0.4, -0.2) is 110 Å². The van der Waals surface area contributed by atoms with Gasteiger partial charge < -0.3 is 24.6 Å². The molecule has 0 aromatic heterocycles. The number of carbonyl (C=O) groups is 4. The van der Waals surface area contributed by atoms with Crippen LogP contribution in [0.1, 0.15) is 58.3 Å². The molecule has 2 fully saturated rings. The second-order valence-electron chi connectivity index (χ2n) is 12.5. The minimum absolute atomic E-state index is 0.00359. The van der Waals surface area contributed by atoms with Crippen molar-refractivity contribution in [1.82, 2.24) is 19.4 Å². The Labute approximate surface area is 293 Å². The van der Waals surface area contributed by atoms with Crippen LogP contribution >= 0.6 is 0 Å². The highest BCUT2D eigenvalue weighted by Gasteiger charge is 2.47. The molecule has 17 heteroatoms. The summed E-state index contributed by atoms with van der Waals surface area (Å²) in [4.78, 5) is 57.8. The van der Waals surface area contributed by atoms with E-state index in [0.29, 0.717) is 48.4 Å². The molecule has 0 radical (unpaired) electrons. The predicted octanol–water partition coefficient (Wildman–Crippen LogP) is 3.15. The third kappa shape index (κ3) is 8.76. The Hall–Kier alpha value is -4.77. The Bertz CT molecular complexity index is 1860. The van der Waals surface area contributed by atoms with Gasteiger partial charge in [0.05, 0.1) is 13.5 Å². The highest BCUT2D eigenvalue weighted by Crippen LogP contribution is 2.33. The van der Waals surface area contributed by atoms with E-state index >= 15 is 0 Å². The van der Waals surface area contributed by atoms with E-state index in [2.05, 4.69) is 19.8 Å². The van der Waals surface area contributed by atoms with Gasteiger partial charge >= 0.3 is 12.3 Å². The van der Waals surface area contributed by atoms with Crippen molar-refractivity contribution in [3.8, 4) is 5.75 Å². The molecule has 274 valence electrons. The van der Waals surface area contributed by atoms with Crippen molar-refractivity contribution in [2.45, 2.75) is 51.4 Å². The molecule has 3 aliphatic heterocycles. The number of ether oxygens (including phenoxy) is 2. The summed E-state index contributed by atoms with van der Waals surface area (Å²) < 4.78 is 74.5. The fourth-order valence-electron chi connectivity index (χ4n) is 6.36. The van der Waals surface area contributed by atoms with Crippen LogP contribution in [0.5, 0.6) is 5.75 Å². The monoisotopic (exact) mass is 733 g/mol. The normalized spacial score (nSPS) is 18.2. The van der Waals surface area contributed by atoms with Crippen LogP contribution < -0.4 is 10.1 Å². The Morgan fingerprint density at radius 2 is 1.59 bits per heavy atom. The zero-order chi connectivity index (χ0) is 37.1. The van der Waals surface area contributed by atoms with Gasteiger partial charge in [0.1, 0.15) is 17.1 Å². The number of carbonyl (C=O) groups excluding carboxylic acids is 4. The van der Waals surface area contributed by atoms with Gasteiger partial charge in [-0.2, -0.15) is 4.31 Å². The maximum Gasteiger partial charge on any atom is 0.573 e. The first-order chi connectivity index (χ1) is 24.0. The van der Waals surface area contributed by atoms with E-state index in [1.807, 2.05) is 0 Å². The number of hydrogen-bond acceptors (Lipinski definition) is 9. The fourth-order valence-corrected chi connectivity index (χ4v) is 7.53. The minimum Gasteiger partial charge on any atom is -0.469 e. The molecule has 0 atom stereocenters. The fraction of sp³-hybridized carbons (Fsp3) is 0.441. The standard InChI is InChI=1S/C34H38F3N5O8S/c1-22-19-25(31(45)41-16-14-40(15-17-41)28(43)7-8-29(44)49-3)20-23(2)27(22)9-18-51(47,48)42-12-10-33(11-13-42)32(46)38-30(39-33)24-5-4-6-26(21-24)50-34(35,36)37/h4-6,9,18-21H,7-8,10-17H2,1-3H3,(H,38,39,46). The van der Waals surface area contributed by atoms with Crippen molar-refractivity contribution >= 4 is 45.6 Å². The molecule has 0 saturated carbocycles. The zero-order valence-corrected chi connectivity index (χ0v) is 29.1. The first-order valence-corrected chi connectivity index (χ1v) is 17.7. The summed E-state index contributed by atoms with van der Waals surface area (Å²) in [6, 6.07) is 8.47. The number of nitrogens with one attached hydrogen (secondary N) is 1. The summed E-state index contributed by atoms with van der Waals surface area (Å²) >= 11 is 0. The lowest BCUT2D eigenvalue weighted by Gasteiger charge is -2.35. The van der Waals surface area contributed by atoms with E-state index in [1.54, 1.807) is 35.8 Å². The van der Waals surface area contributed by atoms with Crippen molar-refractivity contribution in [2.75, 3.05) is 46.4 Å². The highest BCUT2D eigenvalue weighted by atomic mass is 32.2. The number of amidine groups is 1. The molecule has 2 saturated heterocycles. The molecule has 13 nitrogen and oxygen atoms in total. The number of nitrogens with zero attached hydrogens (tertiary/aromatic N) is 4. The second kappa shape index (κ2) is 14.8. The number of amides is 3. The topological polar surface area (TPSA) is 155 Å². The number of methoxy groups -OCH3 is 1. The number of aliphatic imine (C=N–C) groups is 1. The van der Waals surface area contributed by atoms with Gasteiger partial charge in [-0.1, -0.05) is 12.1 Å². The number of piperazine rings is 1. The number of halogens is 3. The number of sulfonamides is 1. The third-order valence-electron chi connectivity index (χ3n) is 9.17. The van der Waals surface area contributed by atoms with Crippen LogP contribution in [-0.2, 0) is 29.1 Å². The molecule has 51 heavy (non-hydrogen) atoms. The Balaban J connectivity index is 1.19. The van der Waals surface area contributed by atoms with Crippen LogP contribution in [0.15, 0.2) is 46.8 Å². The smallest absolute Gasteiger partial charge is 0.469 e. The summed E-state index contributed by atoms with van der Waals surface area (Å²) in [6.07, 6.45) is -3.23. The van der Waals surface area contributed by atoms with E-state index in [9.17, 15) is 40.8 Å². The summed E-state index contributed by atoms with van der Waals surface area (Å²) in [6.45, 7) is 4.87. The van der Waals surface area contributed by atoms with Crippen molar-refractivity contribution in [1.29, 1.82) is 0 Å². The SMILES string of the molecule is COC(=O)CCC(=O)N1CCN(C(=O)c2cc(C)c(C=CS(=O)(=O)N3CCC4(CC3)N=C(c3cccc(OC(F)(F)F)c3)NC4=O)c(C)c2)CC1. The Morgan fingerprint density at radius 1 is 0.961 bits per heavy atom. The van der Waals surface area contributed by atoms with Crippen LogP contribution in [0.4, 0.5) is 13.2 Å². The van der Waals surface area contributed by atoms with Crippen molar-refractivity contribution < 1.29 is 50.2 Å². The number of alkyl halides is 3. The number of esters is 1. The van der Waals surface area contributed by atoms with Crippen molar-refractivity contribution in [3.05, 3.63) is 69.6 Å². The van der Waals surface area contributed by atoms with Crippen LogP contribution in [0.25, 0.3) is 6.08 Å². The van der Waals surface area contributed by atoms with E-state index < -0.39 is 39.6 Å². The average Bonchev–Trinajstić information content (AvgIpc) is 3.40. The molecule has 1 N–H and O–H groups in total. The number of piperidine rings is 1. The lowest BCUT2D eigenvalue weighted by Crippen LogP contribution is -2.50. The van der Waals surface area contributed by atoms with Gasteiger partial charge in [-0.15, -0.1) is 13.2 Å². The molecule has 2 aromatic carbocycles. The largest absolute Gasteiger partial charge is 0.573 e. The number of hydrogen-bond donors (Lipinski definition) is 1.